The van der Waals surface area contributed by atoms with Crippen molar-refractivity contribution in [2.75, 3.05) is 34.8 Å². The zero-order valence-corrected chi connectivity index (χ0v) is 15.8. The zero-order valence-electron chi connectivity index (χ0n) is 15.0. The van der Waals surface area contributed by atoms with E-state index in [0.29, 0.717) is 30.1 Å². The van der Waals surface area contributed by atoms with Crippen molar-refractivity contribution in [3.05, 3.63) is 29.3 Å². The lowest BCUT2D eigenvalue weighted by atomic mass is 10.1. The molecule has 2 rings (SSSR count). The van der Waals surface area contributed by atoms with Gasteiger partial charge in [0.1, 0.15) is 0 Å². The number of amides is 1. The fourth-order valence-corrected chi connectivity index (χ4v) is 2.72. The summed E-state index contributed by atoms with van der Waals surface area (Å²) < 4.78 is 0. The van der Waals surface area contributed by atoms with E-state index in [1.54, 1.807) is 0 Å². The van der Waals surface area contributed by atoms with Gasteiger partial charge in [0.15, 0.2) is 5.16 Å². The number of hydrogen-bond donors (Lipinski definition) is 3. The molecular weight excluding hydrogens is 336 g/mol. The lowest BCUT2D eigenvalue weighted by Crippen LogP contribution is -2.16. The van der Waals surface area contributed by atoms with Crippen LogP contribution in [0.25, 0.3) is 0 Å². The second-order valence-corrected chi connectivity index (χ2v) is 6.42. The van der Waals surface area contributed by atoms with Gasteiger partial charge in [0, 0.05) is 18.8 Å². The molecule has 0 aliphatic carbocycles. The van der Waals surface area contributed by atoms with Gasteiger partial charge >= 0.3 is 0 Å². The first kappa shape index (κ1) is 19.0. The van der Waals surface area contributed by atoms with Gasteiger partial charge in [-0.25, -0.2) is 0 Å². The van der Waals surface area contributed by atoms with Gasteiger partial charge in [0.05, 0.1) is 5.75 Å². The summed E-state index contributed by atoms with van der Waals surface area (Å²) in [5.74, 6) is 1.15. The van der Waals surface area contributed by atoms with Crippen LogP contribution in [-0.4, -0.2) is 39.7 Å². The molecule has 1 heterocycles. The minimum Gasteiger partial charge on any atom is -0.354 e. The Labute approximate surface area is 152 Å². The highest BCUT2D eigenvalue weighted by Gasteiger charge is 2.10. The Bertz CT molecular complexity index is 713. The normalized spacial score (nSPS) is 10.4. The first-order valence-electron chi connectivity index (χ1n) is 8.25. The highest BCUT2D eigenvalue weighted by molar-refractivity contribution is 7.99. The van der Waals surface area contributed by atoms with E-state index in [1.807, 2.05) is 45.9 Å². The van der Waals surface area contributed by atoms with E-state index in [0.717, 1.165) is 16.8 Å². The van der Waals surface area contributed by atoms with Gasteiger partial charge in [0.25, 0.3) is 0 Å². The maximum Gasteiger partial charge on any atom is 0.234 e. The first-order chi connectivity index (χ1) is 12.0. The molecule has 0 aliphatic heterocycles. The Morgan fingerprint density at radius 3 is 2.28 bits per heavy atom. The number of hydrogen-bond acceptors (Lipinski definition) is 7. The molecule has 8 heteroatoms. The van der Waals surface area contributed by atoms with Crippen LogP contribution in [0.15, 0.2) is 23.4 Å². The molecule has 0 unspecified atom stereocenters. The molecule has 0 saturated heterocycles. The molecule has 134 valence electrons. The second-order valence-electron chi connectivity index (χ2n) is 5.48. The van der Waals surface area contributed by atoms with Crippen LogP contribution in [-0.2, 0) is 4.79 Å². The van der Waals surface area contributed by atoms with Crippen LogP contribution < -0.4 is 16.0 Å². The number of nitrogens with one attached hydrogen (secondary N) is 3. The number of anilines is 3. The van der Waals surface area contributed by atoms with Crippen molar-refractivity contribution in [2.24, 2.45) is 0 Å². The van der Waals surface area contributed by atoms with Crippen molar-refractivity contribution in [3.63, 3.8) is 0 Å². The molecule has 1 aromatic heterocycles. The number of nitrogens with zero attached hydrogens (tertiary/aromatic N) is 3. The van der Waals surface area contributed by atoms with Crippen molar-refractivity contribution in [2.45, 2.75) is 32.9 Å². The maximum absolute atomic E-state index is 12.2. The van der Waals surface area contributed by atoms with E-state index >= 15 is 0 Å². The topological polar surface area (TPSA) is 91.8 Å². The monoisotopic (exact) mass is 360 g/mol. The highest BCUT2D eigenvalue weighted by atomic mass is 32.2. The van der Waals surface area contributed by atoms with Crippen LogP contribution in [0, 0.1) is 13.8 Å². The Balaban J connectivity index is 2.01. The van der Waals surface area contributed by atoms with Crippen LogP contribution in [0.3, 0.4) is 0 Å². The molecule has 1 aromatic carbocycles. The largest absolute Gasteiger partial charge is 0.354 e. The van der Waals surface area contributed by atoms with Crippen LogP contribution in [0.4, 0.5) is 17.6 Å². The summed E-state index contributed by atoms with van der Waals surface area (Å²) in [6, 6.07) is 5.98. The fourth-order valence-electron chi connectivity index (χ4n) is 2.08. The predicted molar refractivity (Wildman–Crippen MR) is 103 cm³/mol. The number of carbonyl (C=O) groups is 1. The summed E-state index contributed by atoms with van der Waals surface area (Å²) in [5, 5.41) is 9.59. The highest BCUT2D eigenvalue weighted by Crippen LogP contribution is 2.19. The van der Waals surface area contributed by atoms with Gasteiger partial charge in [-0.15, -0.1) is 0 Å². The second kappa shape index (κ2) is 9.22. The smallest absolute Gasteiger partial charge is 0.234 e. The third kappa shape index (κ3) is 5.90. The minimum absolute atomic E-state index is 0.0888. The minimum atomic E-state index is -0.0888. The van der Waals surface area contributed by atoms with E-state index in [9.17, 15) is 4.79 Å². The van der Waals surface area contributed by atoms with Gasteiger partial charge in [0.2, 0.25) is 17.8 Å². The van der Waals surface area contributed by atoms with Crippen molar-refractivity contribution < 1.29 is 4.79 Å². The summed E-state index contributed by atoms with van der Waals surface area (Å²) in [7, 11) is 0. The number of aromatic nitrogens is 3. The van der Waals surface area contributed by atoms with Gasteiger partial charge in [-0.1, -0.05) is 23.9 Å². The SMILES string of the molecule is CCNc1nc(NCC)nc(SCC(=O)Nc2cc(C)ccc2C)n1. The van der Waals surface area contributed by atoms with Crippen LogP contribution in [0.1, 0.15) is 25.0 Å². The predicted octanol–water partition coefficient (Wildman–Crippen LogP) is 3.08. The van der Waals surface area contributed by atoms with E-state index < -0.39 is 0 Å². The van der Waals surface area contributed by atoms with Crippen molar-refractivity contribution >= 4 is 35.3 Å². The lowest BCUT2D eigenvalue weighted by molar-refractivity contribution is -0.113. The molecule has 0 bridgehead atoms. The van der Waals surface area contributed by atoms with E-state index in [2.05, 4.69) is 30.9 Å². The third-order valence-corrected chi connectivity index (χ3v) is 4.13. The van der Waals surface area contributed by atoms with Gasteiger partial charge in [-0.2, -0.15) is 15.0 Å². The molecule has 0 aliphatic rings. The molecule has 7 nitrogen and oxygen atoms in total. The Morgan fingerprint density at radius 1 is 1.04 bits per heavy atom. The maximum atomic E-state index is 12.2. The van der Waals surface area contributed by atoms with Crippen molar-refractivity contribution in [1.82, 2.24) is 15.0 Å². The Hall–Kier alpha value is -2.35. The summed E-state index contributed by atoms with van der Waals surface area (Å²) in [6.45, 7) is 9.35. The molecule has 25 heavy (non-hydrogen) atoms. The molecule has 3 N–H and O–H groups in total. The van der Waals surface area contributed by atoms with Crippen LogP contribution in [0.2, 0.25) is 0 Å². The summed E-state index contributed by atoms with van der Waals surface area (Å²) >= 11 is 1.28. The summed E-state index contributed by atoms with van der Waals surface area (Å²) in [4.78, 5) is 25.2. The lowest BCUT2D eigenvalue weighted by Gasteiger charge is -2.10. The average molecular weight is 360 g/mol. The van der Waals surface area contributed by atoms with Crippen LogP contribution >= 0.6 is 11.8 Å². The van der Waals surface area contributed by atoms with Gasteiger partial charge in [-0.05, 0) is 44.9 Å². The van der Waals surface area contributed by atoms with Gasteiger partial charge < -0.3 is 16.0 Å². The van der Waals surface area contributed by atoms with E-state index in [1.165, 1.54) is 11.8 Å². The average Bonchev–Trinajstić information content (AvgIpc) is 2.57. The van der Waals surface area contributed by atoms with Crippen molar-refractivity contribution in [3.8, 4) is 0 Å². The van der Waals surface area contributed by atoms with E-state index in [-0.39, 0.29) is 11.7 Å². The summed E-state index contributed by atoms with van der Waals surface area (Å²) in [6.07, 6.45) is 0. The molecule has 0 spiro atoms. The molecule has 0 atom stereocenters. The van der Waals surface area contributed by atoms with E-state index in [4.69, 9.17) is 0 Å². The quantitative estimate of drug-likeness (QED) is 0.623. The first-order valence-corrected chi connectivity index (χ1v) is 9.24. The van der Waals surface area contributed by atoms with Crippen LogP contribution in [0.5, 0.6) is 0 Å². The van der Waals surface area contributed by atoms with Crippen molar-refractivity contribution in [1.29, 1.82) is 0 Å². The molecule has 0 fully saturated rings. The zero-order chi connectivity index (χ0) is 18.2. The number of aryl methyl sites for hydroxylation is 2. The molecule has 0 saturated carbocycles. The third-order valence-electron chi connectivity index (χ3n) is 3.28. The Morgan fingerprint density at radius 2 is 1.68 bits per heavy atom. The number of carbonyl (C=O) groups excluding carboxylic acids is 1. The van der Waals surface area contributed by atoms with Gasteiger partial charge in [-0.3, -0.25) is 4.79 Å². The molecule has 1 amide bonds. The Kier molecular flexibility index (Phi) is 7.00. The number of thioether (sulfide) groups is 1. The number of rotatable bonds is 8. The standard InChI is InChI=1S/C17H24N6OS/c1-5-18-15-21-16(19-6-2)23-17(22-15)25-10-14(24)20-13-9-11(3)7-8-12(13)4/h7-9H,5-6,10H2,1-4H3,(H,20,24)(H2,18,19,21,22,23). The summed E-state index contributed by atoms with van der Waals surface area (Å²) in [5.41, 5.74) is 2.98. The molecule has 2 aromatic rings. The molecule has 0 radical (unpaired) electrons. The fraction of sp³-hybridized carbons (Fsp3) is 0.412. The molecular formula is C17H24N6OS. The number of benzene rings is 1.